The fraction of sp³-hybridized carbons (Fsp3) is 0.200. The van der Waals surface area contributed by atoms with Gasteiger partial charge < -0.3 is 15.3 Å². The maximum Gasteiger partial charge on any atom is 0.353 e. The molecule has 1 aromatic heterocycles. The third-order valence-electron chi connectivity index (χ3n) is 2.14. The van der Waals surface area contributed by atoms with Gasteiger partial charge in [0.2, 0.25) is 6.10 Å². The Bertz CT molecular complexity index is 472. The molecule has 1 aliphatic heterocycles. The summed E-state index contributed by atoms with van der Waals surface area (Å²) in [6.45, 7) is 0. The Morgan fingerprint density at radius 3 is 2.94 bits per heavy atom. The predicted octanol–water partition coefficient (Wildman–Crippen LogP) is 0.250. The minimum Gasteiger partial charge on any atom is -0.477 e. The van der Waals surface area contributed by atoms with E-state index in [0.29, 0.717) is 5.69 Å². The number of anilines is 1. The van der Waals surface area contributed by atoms with Crippen molar-refractivity contribution < 1.29 is 19.5 Å². The van der Waals surface area contributed by atoms with Crippen molar-refractivity contribution in [3.63, 3.8) is 0 Å². The molecule has 1 amide bonds. The van der Waals surface area contributed by atoms with Gasteiger partial charge in [-0.1, -0.05) is 5.16 Å². The zero-order valence-corrected chi connectivity index (χ0v) is 8.66. The summed E-state index contributed by atoms with van der Waals surface area (Å²) in [5.74, 6) is -1.63. The van der Waals surface area contributed by atoms with Gasteiger partial charge in [-0.3, -0.25) is 9.78 Å². The lowest BCUT2D eigenvalue weighted by atomic mass is 10.1. The number of amides is 1. The number of carboxylic acid groups (broad SMARTS) is 1. The van der Waals surface area contributed by atoms with Gasteiger partial charge in [0, 0.05) is 12.6 Å². The van der Waals surface area contributed by atoms with Gasteiger partial charge in [0.1, 0.15) is 0 Å². The number of aromatic nitrogens is 1. The Labute approximate surface area is 96.1 Å². The Kier molecular flexibility index (Phi) is 2.99. The van der Waals surface area contributed by atoms with E-state index in [1.807, 2.05) is 0 Å². The van der Waals surface area contributed by atoms with Crippen LogP contribution < -0.4 is 5.32 Å². The lowest BCUT2D eigenvalue weighted by molar-refractivity contribution is -0.129. The van der Waals surface area contributed by atoms with E-state index in [1.54, 1.807) is 18.3 Å². The van der Waals surface area contributed by atoms with E-state index in [-0.39, 0.29) is 12.1 Å². The number of nitrogens with one attached hydrogen (secondary N) is 1. The number of hydrogen-bond acceptors (Lipinski definition) is 5. The maximum absolute atomic E-state index is 11.7. The molecule has 2 rings (SSSR count). The van der Waals surface area contributed by atoms with Crippen LogP contribution in [0.2, 0.25) is 0 Å². The van der Waals surface area contributed by atoms with Gasteiger partial charge in [-0.25, -0.2) is 4.79 Å². The third-order valence-corrected chi connectivity index (χ3v) is 2.14. The summed E-state index contributed by atoms with van der Waals surface area (Å²) in [4.78, 5) is 30.8. The Hall–Kier alpha value is -2.44. The molecule has 7 nitrogen and oxygen atoms in total. The zero-order valence-electron chi connectivity index (χ0n) is 8.66. The van der Waals surface area contributed by atoms with Gasteiger partial charge in [0.15, 0.2) is 5.71 Å². The van der Waals surface area contributed by atoms with E-state index in [9.17, 15) is 9.59 Å². The SMILES string of the molecule is O=C(O)C1=NOC(C(=O)Nc2cccnc2)C1. The van der Waals surface area contributed by atoms with Crippen molar-refractivity contribution >= 4 is 23.3 Å². The molecule has 1 aromatic rings. The molecule has 0 bridgehead atoms. The summed E-state index contributed by atoms with van der Waals surface area (Å²) in [6.07, 6.45) is 2.11. The first kappa shape index (κ1) is 11.1. The van der Waals surface area contributed by atoms with E-state index in [4.69, 9.17) is 9.94 Å². The number of pyridine rings is 1. The second kappa shape index (κ2) is 4.60. The average molecular weight is 235 g/mol. The first-order valence-corrected chi connectivity index (χ1v) is 4.83. The molecule has 0 fully saturated rings. The molecule has 17 heavy (non-hydrogen) atoms. The summed E-state index contributed by atoms with van der Waals surface area (Å²) in [5, 5.41) is 14.5. The Morgan fingerprint density at radius 2 is 2.35 bits per heavy atom. The Morgan fingerprint density at radius 1 is 1.53 bits per heavy atom. The van der Waals surface area contributed by atoms with Crippen molar-refractivity contribution in [3.8, 4) is 0 Å². The molecule has 88 valence electrons. The molecular formula is C10H9N3O4. The van der Waals surface area contributed by atoms with E-state index in [1.165, 1.54) is 6.20 Å². The summed E-state index contributed by atoms with van der Waals surface area (Å²) in [5.41, 5.74) is 0.362. The van der Waals surface area contributed by atoms with E-state index >= 15 is 0 Å². The summed E-state index contributed by atoms with van der Waals surface area (Å²) in [7, 11) is 0. The predicted molar refractivity (Wildman–Crippen MR) is 57.4 cm³/mol. The van der Waals surface area contributed by atoms with E-state index in [0.717, 1.165) is 0 Å². The van der Waals surface area contributed by atoms with Gasteiger partial charge in [0.25, 0.3) is 5.91 Å². The van der Waals surface area contributed by atoms with Crippen LogP contribution >= 0.6 is 0 Å². The van der Waals surface area contributed by atoms with Crippen LogP contribution in [0.5, 0.6) is 0 Å². The highest BCUT2D eigenvalue weighted by atomic mass is 16.6. The molecule has 0 spiro atoms. The summed E-state index contributed by atoms with van der Waals surface area (Å²) < 4.78 is 0. The van der Waals surface area contributed by atoms with Crippen molar-refractivity contribution in [1.82, 2.24) is 4.98 Å². The monoisotopic (exact) mass is 235 g/mol. The first-order valence-electron chi connectivity index (χ1n) is 4.83. The van der Waals surface area contributed by atoms with Crippen LogP contribution in [0.1, 0.15) is 6.42 Å². The van der Waals surface area contributed by atoms with Gasteiger partial charge in [-0.2, -0.15) is 0 Å². The minimum absolute atomic E-state index is 0.0402. The number of rotatable bonds is 3. The van der Waals surface area contributed by atoms with Gasteiger partial charge in [-0.15, -0.1) is 0 Å². The van der Waals surface area contributed by atoms with Crippen LogP contribution in [0.15, 0.2) is 29.7 Å². The normalized spacial score (nSPS) is 18.1. The molecule has 2 N–H and O–H groups in total. The lowest BCUT2D eigenvalue weighted by Crippen LogP contribution is -2.28. The molecule has 0 aromatic carbocycles. The standard InChI is InChI=1S/C10H9N3O4/c14-9(12-6-2-1-3-11-5-6)8-4-7(10(15)16)13-17-8/h1-3,5,8H,4H2,(H,12,14)(H,15,16). The van der Waals surface area contributed by atoms with Crippen molar-refractivity contribution in [3.05, 3.63) is 24.5 Å². The van der Waals surface area contributed by atoms with E-state index < -0.39 is 18.0 Å². The molecule has 1 unspecified atom stereocenters. The molecule has 0 aliphatic carbocycles. The minimum atomic E-state index is -1.18. The number of oxime groups is 1. The number of carbonyl (C=O) groups excluding carboxylic acids is 1. The van der Waals surface area contributed by atoms with Crippen molar-refractivity contribution in [1.29, 1.82) is 0 Å². The summed E-state index contributed by atoms with van der Waals surface area (Å²) in [6, 6.07) is 3.34. The second-order valence-corrected chi connectivity index (χ2v) is 3.37. The van der Waals surface area contributed by atoms with Crippen LogP contribution in [-0.4, -0.2) is 33.8 Å². The molecule has 1 atom stereocenters. The number of nitrogens with zero attached hydrogens (tertiary/aromatic N) is 2. The van der Waals surface area contributed by atoms with Crippen LogP contribution in [0.3, 0.4) is 0 Å². The number of aliphatic carboxylic acids is 1. The first-order chi connectivity index (χ1) is 8.16. The quantitative estimate of drug-likeness (QED) is 0.782. The molecule has 1 aliphatic rings. The van der Waals surface area contributed by atoms with E-state index in [2.05, 4.69) is 15.5 Å². The highest BCUT2D eigenvalue weighted by Gasteiger charge is 2.31. The van der Waals surface area contributed by atoms with Gasteiger partial charge in [-0.05, 0) is 12.1 Å². The second-order valence-electron chi connectivity index (χ2n) is 3.37. The van der Waals surface area contributed by atoms with Crippen molar-refractivity contribution in [2.45, 2.75) is 12.5 Å². The molecule has 7 heteroatoms. The third kappa shape index (κ3) is 2.57. The van der Waals surface area contributed by atoms with Crippen LogP contribution in [0.25, 0.3) is 0 Å². The number of carboxylic acids is 1. The summed E-state index contributed by atoms with van der Waals surface area (Å²) >= 11 is 0. The van der Waals surface area contributed by atoms with Crippen molar-refractivity contribution in [2.75, 3.05) is 5.32 Å². The molecule has 0 saturated heterocycles. The number of carbonyl (C=O) groups is 2. The van der Waals surface area contributed by atoms with Crippen LogP contribution in [0.4, 0.5) is 5.69 Å². The number of hydrogen-bond donors (Lipinski definition) is 2. The molecule has 0 radical (unpaired) electrons. The van der Waals surface area contributed by atoms with Gasteiger partial charge in [0.05, 0.1) is 11.9 Å². The molecule has 0 saturated carbocycles. The van der Waals surface area contributed by atoms with Crippen LogP contribution in [-0.2, 0) is 14.4 Å². The Balaban J connectivity index is 1.93. The topological polar surface area (TPSA) is 101 Å². The highest BCUT2D eigenvalue weighted by Crippen LogP contribution is 2.13. The fourth-order valence-corrected chi connectivity index (χ4v) is 1.30. The van der Waals surface area contributed by atoms with Gasteiger partial charge >= 0.3 is 5.97 Å². The fourth-order valence-electron chi connectivity index (χ4n) is 1.30. The highest BCUT2D eigenvalue weighted by molar-refractivity contribution is 6.36. The van der Waals surface area contributed by atoms with Crippen LogP contribution in [0, 0.1) is 0 Å². The van der Waals surface area contributed by atoms with Crippen molar-refractivity contribution in [2.24, 2.45) is 5.16 Å². The molecular weight excluding hydrogens is 226 g/mol. The smallest absolute Gasteiger partial charge is 0.353 e. The largest absolute Gasteiger partial charge is 0.477 e. The lowest BCUT2D eigenvalue weighted by Gasteiger charge is -2.08. The molecule has 2 heterocycles. The zero-order chi connectivity index (χ0) is 12.3. The maximum atomic E-state index is 11.7. The average Bonchev–Trinajstić information content (AvgIpc) is 2.79.